The molecule has 0 saturated carbocycles. The van der Waals surface area contributed by atoms with Gasteiger partial charge in [-0.05, 0) is 37.3 Å². The number of sulfonamides is 1. The van der Waals surface area contributed by atoms with Crippen LogP contribution in [0.1, 0.15) is 5.56 Å². The summed E-state index contributed by atoms with van der Waals surface area (Å²) in [5.41, 5.74) is 0.532. The molecule has 23 heavy (non-hydrogen) atoms. The van der Waals surface area contributed by atoms with E-state index in [0.29, 0.717) is 4.47 Å². The summed E-state index contributed by atoms with van der Waals surface area (Å²) in [4.78, 5) is -0.0685. The monoisotopic (exact) mass is 409 g/mol. The van der Waals surface area contributed by atoms with Crippen molar-refractivity contribution in [2.24, 2.45) is 0 Å². The molecule has 0 aliphatic heterocycles. The standard InChI is InChI=1S/C14H11BrF3NO3S/c1-9-2-5-11(6-3-9)23(20,21)19-12-8-10(15)4-7-13(12)22-14(16,17)18/h2-8,19H,1H3. The zero-order valence-electron chi connectivity index (χ0n) is 11.7. The van der Waals surface area contributed by atoms with Crippen LogP contribution in [0.2, 0.25) is 0 Å². The van der Waals surface area contributed by atoms with Crippen molar-refractivity contribution >= 4 is 31.6 Å². The first-order valence-electron chi connectivity index (χ1n) is 6.22. The quantitative estimate of drug-likeness (QED) is 0.810. The van der Waals surface area contributed by atoms with E-state index in [1.807, 2.05) is 0 Å². The molecular weight excluding hydrogens is 399 g/mol. The Morgan fingerprint density at radius 3 is 2.26 bits per heavy atom. The highest BCUT2D eigenvalue weighted by molar-refractivity contribution is 9.10. The van der Waals surface area contributed by atoms with Crippen molar-refractivity contribution in [3.63, 3.8) is 0 Å². The predicted molar refractivity (Wildman–Crippen MR) is 82.8 cm³/mol. The molecule has 0 saturated heterocycles. The van der Waals surface area contributed by atoms with E-state index >= 15 is 0 Å². The van der Waals surface area contributed by atoms with Crippen LogP contribution in [-0.4, -0.2) is 14.8 Å². The van der Waals surface area contributed by atoms with Crippen LogP contribution >= 0.6 is 15.9 Å². The summed E-state index contributed by atoms with van der Waals surface area (Å²) in [5.74, 6) is -0.642. The summed E-state index contributed by atoms with van der Waals surface area (Å²) in [6.45, 7) is 1.79. The number of nitrogens with one attached hydrogen (secondary N) is 1. The van der Waals surface area contributed by atoms with Gasteiger partial charge >= 0.3 is 6.36 Å². The fourth-order valence-electron chi connectivity index (χ4n) is 1.72. The lowest BCUT2D eigenvalue weighted by molar-refractivity contribution is -0.274. The topological polar surface area (TPSA) is 55.4 Å². The SMILES string of the molecule is Cc1ccc(S(=O)(=O)Nc2cc(Br)ccc2OC(F)(F)F)cc1. The van der Waals surface area contributed by atoms with Gasteiger partial charge in [-0.2, -0.15) is 0 Å². The fourth-order valence-corrected chi connectivity index (χ4v) is 3.14. The van der Waals surface area contributed by atoms with Gasteiger partial charge in [-0.3, -0.25) is 4.72 Å². The summed E-state index contributed by atoms with van der Waals surface area (Å²) in [7, 11) is -4.04. The number of ether oxygens (including phenoxy) is 1. The fraction of sp³-hybridized carbons (Fsp3) is 0.143. The minimum Gasteiger partial charge on any atom is -0.404 e. The van der Waals surface area contributed by atoms with Gasteiger partial charge in [-0.15, -0.1) is 13.2 Å². The number of benzene rings is 2. The smallest absolute Gasteiger partial charge is 0.404 e. The molecule has 0 aromatic heterocycles. The lowest BCUT2D eigenvalue weighted by Gasteiger charge is -2.15. The third-order valence-corrected chi connectivity index (χ3v) is 4.62. The zero-order chi connectivity index (χ0) is 17.3. The summed E-state index contributed by atoms with van der Waals surface area (Å²) >= 11 is 3.08. The molecule has 1 N–H and O–H groups in total. The molecule has 0 amide bonds. The molecule has 0 aliphatic carbocycles. The van der Waals surface area contributed by atoms with Gasteiger partial charge in [0.1, 0.15) is 0 Å². The highest BCUT2D eigenvalue weighted by Gasteiger charge is 2.32. The van der Waals surface area contributed by atoms with Crippen molar-refractivity contribution in [1.29, 1.82) is 0 Å². The highest BCUT2D eigenvalue weighted by atomic mass is 79.9. The third kappa shape index (κ3) is 4.87. The van der Waals surface area contributed by atoms with E-state index < -0.39 is 22.1 Å². The lowest BCUT2D eigenvalue weighted by atomic mass is 10.2. The van der Waals surface area contributed by atoms with Gasteiger partial charge in [-0.25, -0.2) is 8.42 Å². The molecular formula is C14H11BrF3NO3S. The summed E-state index contributed by atoms with van der Waals surface area (Å²) in [5, 5.41) is 0. The van der Waals surface area contributed by atoms with Crippen LogP contribution < -0.4 is 9.46 Å². The van der Waals surface area contributed by atoms with Crippen molar-refractivity contribution in [3.05, 3.63) is 52.5 Å². The molecule has 2 aromatic carbocycles. The first-order valence-corrected chi connectivity index (χ1v) is 8.49. The van der Waals surface area contributed by atoms with Crippen molar-refractivity contribution < 1.29 is 26.3 Å². The normalized spacial score (nSPS) is 12.0. The minimum atomic E-state index is -4.93. The van der Waals surface area contributed by atoms with Gasteiger partial charge in [0.15, 0.2) is 5.75 Å². The van der Waals surface area contributed by atoms with E-state index in [1.54, 1.807) is 19.1 Å². The predicted octanol–water partition coefficient (Wildman–Crippen LogP) is 4.46. The number of hydrogen-bond acceptors (Lipinski definition) is 3. The molecule has 0 heterocycles. The molecule has 0 unspecified atom stereocenters. The van der Waals surface area contributed by atoms with E-state index in [2.05, 4.69) is 25.4 Å². The Morgan fingerprint density at radius 2 is 1.70 bits per heavy atom. The van der Waals surface area contributed by atoms with E-state index in [-0.39, 0.29) is 10.6 Å². The van der Waals surface area contributed by atoms with Crippen LogP contribution in [0.15, 0.2) is 51.8 Å². The Hall–Kier alpha value is -1.74. The number of hydrogen-bond donors (Lipinski definition) is 1. The molecule has 2 aromatic rings. The maximum absolute atomic E-state index is 12.4. The van der Waals surface area contributed by atoms with E-state index in [9.17, 15) is 21.6 Å². The maximum Gasteiger partial charge on any atom is 0.573 e. The van der Waals surface area contributed by atoms with E-state index in [0.717, 1.165) is 11.6 Å². The molecule has 0 atom stereocenters. The van der Waals surface area contributed by atoms with Gasteiger partial charge in [0, 0.05) is 4.47 Å². The number of halogens is 4. The number of rotatable bonds is 4. The van der Waals surface area contributed by atoms with Gasteiger partial charge < -0.3 is 4.74 Å². The third-order valence-electron chi connectivity index (χ3n) is 2.74. The Labute approximate surface area is 139 Å². The lowest BCUT2D eigenvalue weighted by Crippen LogP contribution is -2.19. The molecule has 9 heteroatoms. The molecule has 0 aliphatic rings. The number of aryl methyl sites for hydroxylation is 1. The molecule has 0 fully saturated rings. The van der Waals surface area contributed by atoms with Crippen molar-refractivity contribution in [1.82, 2.24) is 0 Å². The average molecular weight is 410 g/mol. The largest absolute Gasteiger partial charge is 0.573 e. The summed E-state index contributed by atoms with van der Waals surface area (Å²) in [6, 6.07) is 9.41. The first kappa shape index (κ1) is 17.6. The second-order valence-electron chi connectivity index (χ2n) is 4.61. The van der Waals surface area contributed by atoms with Crippen LogP contribution in [0, 0.1) is 6.92 Å². The van der Waals surface area contributed by atoms with Crippen molar-refractivity contribution in [2.45, 2.75) is 18.2 Å². The van der Waals surface area contributed by atoms with Gasteiger partial charge in [0.25, 0.3) is 10.0 Å². The summed E-state index contributed by atoms with van der Waals surface area (Å²) in [6.07, 6.45) is -4.93. The zero-order valence-corrected chi connectivity index (χ0v) is 14.1. The average Bonchev–Trinajstić information content (AvgIpc) is 2.41. The van der Waals surface area contributed by atoms with Crippen LogP contribution in [0.4, 0.5) is 18.9 Å². The van der Waals surface area contributed by atoms with Crippen LogP contribution in [0.3, 0.4) is 0 Å². The number of anilines is 1. The van der Waals surface area contributed by atoms with E-state index in [1.165, 1.54) is 24.3 Å². The molecule has 2 rings (SSSR count). The molecule has 0 spiro atoms. The molecule has 0 radical (unpaired) electrons. The molecule has 124 valence electrons. The second-order valence-corrected chi connectivity index (χ2v) is 7.20. The van der Waals surface area contributed by atoms with E-state index in [4.69, 9.17) is 0 Å². The van der Waals surface area contributed by atoms with Gasteiger partial charge in [-0.1, -0.05) is 33.6 Å². The van der Waals surface area contributed by atoms with Crippen LogP contribution in [0.25, 0.3) is 0 Å². The van der Waals surface area contributed by atoms with Crippen LogP contribution in [-0.2, 0) is 10.0 Å². The van der Waals surface area contributed by atoms with Crippen molar-refractivity contribution in [2.75, 3.05) is 4.72 Å². The second kappa shape index (κ2) is 6.40. The highest BCUT2D eigenvalue weighted by Crippen LogP contribution is 2.34. The maximum atomic E-state index is 12.4. The first-order chi connectivity index (χ1) is 10.6. The Kier molecular flexibility index (Phi) is 4.90. The van der Waals surface area contributed by atoms with Gasteiger partial charge in [0.05, 0.1) is 10.6 Å². The van der Waals surface area contributed by atoms with Crippen LogP contribution in [0.5, 0.6) is 5.75 Å². The molecule has 4 nitrogen and oxygen atoms in total. The summed E-state index contributed by atoms with van der Waals surface area (Å²) < 4.78 is 68.1. The Morgan fingerprint density at radius 1 is 1.09 bits per heavy atom. The Bertz CT molecular complexity index is 805. The Balaban J connectivity index is 2.38. The number of alkyl halides is 3. The van der Waals surface area contributed by atoms with Gasteiger partial charge in [0.2, 0.25) is 0 Å². The van der Waals surface area contributed by atoms with Crippen molar-refractivity contribution in [3.8, 4) is 5.75 Å². The molecule has 0 bridgehead atoms. The minimum absolute atomic E-state index is 0.0685.